The molecule has 2 aliphatic rings. The Morgan fingerprint density at radius 3 is 2.58 bits per heavy atom. The lowest BCUT2D eigenvalue weighted by Crippen LogP contribution is -2.56. The lowest BCUT2D eigenvalue weighted by molar-refractivity contribution is 0.0372. The van der Waals surface area contributed by atoms with E-state index < -0.39 is 6.09 Å². The molecule has 0 radical (unpaired) electrons. The van der Waals surface area contributed by atoms with Gasteiger partial charge >= 0.3 is 6.09 Å². The van der Waals surface area contributed by atoms with Crippen molar-refractivity contribution in [3.05, 3.63) is 65.7 Å². The molecule has 7 heteroatoms. The van der Waals surface area contributed by atoms with Crippen molar-refractivity contribution in [2.75, 3.05) is 39.1 Å². The van der Waals surface area contributed by atoms with Gasteiger partial charge in [-0.1, -0.05) is 42.5 Å². The monoisotopic (exact) mass is 449 g/mol. The quantitative estimate of drug-likeness (QED) is 0.535. The van der Waals surface area contributed by atoms with Gasteiger partial charge in [0.15, 0.2) is 5.96 Å². The van der Waals surface area contributed by atoms with Crippen molar-refractivity contribution in [1.29, 1.82) is 0 Å². The number of nitrogens with one attached hydrogen (secondary N) is 2. The number of hydrogen-bond acceptors (Lipinski definition) is 4. The summed E-state index contributed by atoms with van der Waals surface area (Å²) >= 11 is 0. The fraction of sp³-hybridized carbons (Fsp3) is 0.462. The van der Waals surface area contributed by atoms with Crippen molar-refractivity contribution in [2.45, 2.75) is 38.4 Å². The Kier molecular flexibility index (Phi) is 7.83. The van der Waals surface area contributed by atoms with E-state index in [0.717, 1.165) is 36.8 Å². The topological polar surface area (TPSA) is 69.2 Å². The second-order valence-electron chi connectivity index (χ2n) is 8.87. The zero-order chi connectivity index (χ0) is 23.0. The molecule has 1 amide bonds. The summed E-state index contributed by atoms with van der Waals surface area (Å²) < 4.78 is 4.63. The van der Waals surface area contributed by atoms with E-state index in [4.69, 9.17) is 0 Å². The molecule has 2 aliphatic heterocycles. The van der Waals surface area contributed by atoms with E-state index in [1.165, 1.54) is 38.5 Å². The summed E-state index contributed by atoms with van der Waals surface area (Å²) in [4.78, 5) is 21.0. The number of rotatable bonds is 5. The Morgan fingerprint density at radius 2 is 1.85 bits per heavy atom. The van der Waals surface area contributed by atoms with Gasteiger partial charge in [0, 0.05) is 45.0 Å². The smallest absolute Gasteiger partial charge is 0.411 e. The molecule has 0 aromatic heterocycles. The zero-order valence-electron chi connectivity index (χ0n) is 19.7. The van der Waals surface area contributed by atoms with Gasteiger partial charge < -0.3 is 15.0 Å². The highest BCUT2D eigenvalue weighted by molar-refractivity contribution is 5.84. The Labute approximate surface area is 196 Å². The van der Waals surface area contributed by atoms with Crippen LogP contribution in [0.25, 0.3) is 0 Å². The largest absolute Gasteiger partial charge is 0.453 e. The summed E-state index contributed by atoms with van der Waals surface area (Å²) in [5, 5.41) is 6.20. The number of carbonyl (C=O) groups excluding carboxylic acids is 1. The minimum Gasteiger partial charge on any atom is -0.453 e. The van der Waals surface area contributed by atoms with Crippen LogP contribution in [-0.2, 0) is 17.8 Å². The first kappa shape index (κ1) is 23.1. The Bertz CT molecular complexity index is 931. The lowest BCUT2D eigenvalue weighted by atomic mass is 9.83. The number of carbonyl (C=O) groups is 1. The van der Waals surface area contributed by atoms with Crippen LogP contribution in [0.15, 0.2) is 59.6 Å². The Hall–Kier alpha value is -3.06. The predicted molar refractivity (Wildman–Crippen MR) is 132 cm³/mol. The van der Waals surface area contributed by atoms with Crippen molar-refractivity contribution >= 4 is 17.7 Å². The average Bonchev–Trinajstić information content (AvgIpc) is 2.86. The summed E-state index contributed by atoms with van der Waals surface area (Å²) in [6.45, 7) is 5.02. The highest BCUT2D eigenvalue weighted by Gasteiger charge is 2.36. The molecule has 2 N–H and O–H groups in total. The first-order chi connectivity index (χ1) is 16.2. The Balaban J connectivity index is 1.30. The van der Waals surface area contributed by atoms with Crippen LogP contribution in [0.2, 0.25) is 0 Å². The molecule has 176 valence electrons. The fourth-order valence-electron chi connectivity index (χ4n) is 5.10. The third-order valence-electron chi connectivity index (χ3n) is 6.76. The summed E-state index contributed by atoms with van der Waals surface area (Å²) in [7, 11) is 3.22. The average molecular weight is 450 g/mol. The molecule has 2 aromatic carbocycles. The molecular formula is C26H35N5O2. The molecule has 0 bridgehead atoms. The van der Waals surface area contributed by atoms with Crippen LogP contribution in [0.1, 0.15) is 30.4 Å². The molecule has 2 aromatic rings. The number of aliphatic imine (C=N–C) groups is 1. The van der Waals surface area contributed by atoms with Crippen LogP contribution in [0.3, 0.4) is 0 Å². The number of nitrogens with zero attached hydrogens (tertiary/aromatic N) is 3. The van der Waals surface area contributed by atoms with Crippen LogP contribution in [-0.4, -0.2) is 61.7 Å². The molecule has 33 heavy (non-hydrogen) atoms. The van der Waals surface area contributed by atoms with Gasteiger partial charge in [-0.25, -0.2) is 4.79 Å². The number of hydrogen-bond donors (Lipinski definition) is 2. The summed E-state index contributed by atoms with van der Waals surface area (Å²) in [5.74, 6) is 1.64. The lowest BCUT2D eigenvalue weighted by Gasteiger charge is -2.48. The van der Waals surface area contributed by atoms with E-state index in [1.807, 2.05) is 31.3 Å². The predicted octanol–water partition coefficient (Wildman–Crippen LogP) is 3.93. The minimum absolute atomic E-state index is 0.463. The van der Waals surface area contributed by atoms with E-state index in [1.54, 1.807) is 0 Å². The number of piperidine rings is 2. The maximum atomic E-state index is 11.3. The first-order valence-electron chi connectivity index (χ1n) is 11.8. The van der Waals surface area contributed by atoms with Crippen molar-refractivity contribution in [1.82, 2.24) is 15.1 Å². The number of benzene rings is 2. The number of ether oxygens (including phenoxy) is 1. The van der Waals surface area contributed by atoms with Gasteiger partial charge in [-0.3, -0.25) is 15.2 Å². The summed E-state index contributed by atoms with van der Waals surface area (Å²) in [5.41, 5.74) is 3.26. The van der Waals surface area contributed by atoms with E-state index >= 15 is 0 Å². The molecule has 2 atom stereocenters. The van der Waals surface area contributed by atoms with E-state index in [2.05, 4.69) is 60.5 Å². The van der Waals surface area contributed by atoms with Gasteiger partial charge in [0.05, 0.1) is 7.11 Å². The Morgan fingerprint density at radius 1 is 1.06 bits per heavy atom. The van der Waals surface area contributed by atoms with E-state index in [9.17, 15) is 4.79 Å². The number of methoxy groups -OCH3 is 1. The maximum Gasteiger partial charge on any atom is 0.411 e. The molecule has 2 unspecified atom stereocenters. The molecule has 0 saturated carbocycles. The van der Waals surface area contributed by atoms with Crippen LogP contribution in [0, 0.1) is 5.92 Å². The van der Waals surface area contributed by atoms with E-state index in [-0.39, 0.29) is 0 Å². The van der Waals surface area contributed by atoms with Crippen molar-refractivity contribution < 1.29 is 9.53 Å². The van der Waals surface area contributed by atoms with Crippen molar-refractivity contribution in [3.63, 3.8) is 0 Å². The number of anilines is 1. The number of likely N-dealkylation sites (tertiary alicyclic amines) is 2. The number of guanidine groups is 1. The zero-order valence-corrected chi connectivity index (χ0v) is 19.7. The standard InChI is InChI=1S/C26H35N5O2/c1-27-25(28-17-20-10-12-23(13-11-20)29-26(32)33-2)31-16-14-24-22(19-31)9-6-15-30(24)18-21-7-4-3-5-8-21/h3-5,7-8,10-13,22,24H,6,9,14-19H2,1-2H3,(H,27,28)(H,29,32). The van der Waals surface area contributed by atoms with Crippen molar-refractivity contribution in [2.24, 2.45) is 10.9 Å². The maximum absolute atomic E-state index is 11.3. The van der Waals surface area contributed by atoms with Crippen molar-refractivity contribution in [3.8, 4) is 0 Å². The first-order valence-corrected chi connectivity index (χ1v) is 11.8. The minimum atomic E-state index is -0.463. The molecule has 4 rings (SSSR count). The number of fused-ring (bicyclic) bond motifs is 1. The molecule has 2 fully saturated rings. The second kappa shape index (κ2) is 11.2. The summed E-state index contributed by atoms with van der Waals surface area (Å²) in [6.07, 6.45) is 3.26. The van der Waals surface area contributed by atoms with Crippen LogP contribution < -0.4 is 10.6 Å². The third-order valence-corrected chi connectivity index (χ3v) is 6.76. The van der Waals surface area contributed by atoms with Crippen LogP contribution in [0.5, 0.6) is 0 Å². The molecule has 7 nitrogen and oxygen atoms in total. The van der Waals surface area contributed by atoms with Gasteiger partial charge in [-0.05, 0) is 55.0 Å². The van der Waals surface area contributed by atoms with Gasteiger partial charge in [-0.15, -0.1) is 0 Å². The van der Waals surface area contributed by atoms with Gasteiger partial charge in [0.1, 0.15) is 0 Å². The third kappa shape index (κ3) is 6.05. The normalized spacial score (nSPS) is 21.3. The van der Waals surface area contributed by atoms with Crippen LogP contribution >= 0.6 is 0 Å². The van der Waals surface area contributed by atoms with Crippen LogP contribution in [0.4, 0.5) is 10.5 Å². The fourth-order valence-corrected chi connectivity index (χ4v) is 5.10. The number of amides is 1. The molecule has 0 aliphatic carbocycles. The molecular weight excluding hydrogens is 414 g/mol. The summed E-state index contributed by atoms with van der Waals surface area (Å²) in [6, 6.07) is 19.3. The highest BCUT2D eigenvalue weighted by Crippen LogP contribution is 2.31. The molecule has 2 saturated heterocycles. The molecule has 0 spiro atoms. The molecule has 2 heterocycles. The van der Waals surface area contributed by atoms with Gasteiger partial charge in [0.25, 0.3) is 0 Å². The van der Waals surface area contributed by atoms with E-state index in [0.29, 0.717) is 18.5 Å². The highest BCUT2D eigenvalue weighted by atomic mass is 16.5. The second-order valence-corrected chi connectivity index (χ2v) is 8.87. The van der Waals surface area contributed by atoms with Gasteiger partial charge in [-0.2, -0.15) is 0 Å². The SMILES string of the molecule is CN=C(NCc1ccc(NC(=O)OC)cc1)N1CCC2C(CCCN2Cc2ccccc2)C1. The van der Waals surface area contributed by atoms with Gasteiger partial charge in [0.2, 0.25) is 0 Å².